The van der Waals surface area contributed by atoms with E-state index in [2.05, 4.69) is 4.18 Å². The summed E-state index contributed by atoms with van der Waals surface area (Å²) in [6.07, 6.45) is 0. The highest BCUT2D eigenvalue weighted by molar-refractivity contribution is 7.74. The Kier molecular flexibility index (Phi) is 3.75. The fourth-order valence-electron chi connectivity index (χ4n) is 0.809. The summed E-state index contributed by atoms with van der Waals surface area (Å²) < 4.78 is 24.0. The van der Waals surface area contributed by atoms with Crippen molar-refractivity contribution in [3.05, 3.63) is 35.9 Å². The Bertz CT molecular complexity index is 309. The van der Waals surface area contributed by atoms with Crippen LogP contribution in [0.15, 0.2) is 30.3 Å². The molecule has 70 valence electrons. The Labute approximate surface area is 78.0 Å². The van der Waals surface area contributed by atoms with Gasteiger partial charge in [0.2, 0.25) is 0 Å². The monoisotopic (exact) mass is 199 g/mol. The molecule has 0 aliphatic carbocycles. The predicted octanol–water partition coefficient (Wildman–Crippen LogP) is 0.680. The molecule has 1 aromatic rings. The van der Waals surface area contributed by atoms with Gasteiger partial charge in [-0.25, -0.2) is 4.21 Å². The van der Waals surface area contributed by atoms with E-state index in [0.29, 0.717) is 5.56 Å². The maximum absolute atomic E-state index is 11.2. The highest BCUT2D eigenvalue weighted by atomic mass is 32.2. The molecule has 0 saturated carbocycles. The van der Waals surface area contributed by atoms with Gasteiger partial charge in [0.05, 0.1) is 11.4 Å². The first kappa shape index (κ1) is 10.0. The van der Waals surface area contributed by atoms with Crippen molar-refractivity contribution >= 4 is 17.1 Å². The first-order valence-electron chi connectivity index (χ1n) is 3.51. The van der Waals surface area contributed by atoms with Crippen molar-refractivity contribution in [2.75, 3.05) is 6.61 Å². The molecule has 0 heterocycles. The van der Waals surface area contributed by atoms with Gasteiger partial charge >= 0.3 is 0 Å². The van der Waals surface area contributed by atoms with Crippen LogP contribution in [0.2, 0.25) is 0 Å². The lowest BCUT2D eigenvalue weighted by Crippen LogP contribution is -2.09. The number of benzene rings is 1. The molecule has 0 bridgehead atoms. The molecule has 0 aromatic heterocycles. The quantitative estimate of drug-likeness (QED) is 0.528. The fourth-order valence-corrected chi connectivity index (χ4v) is 1.01. The summed E-state index contributed by atoms with van der Waals surface area (Å²) in [4.78, 5) is 11.2. The van der Waals surface area contributed by atoms with Crippen molar-refractivity contribution in [3.8, 4) is 0 Å². The van der Waals surface area contributed by atoms with E-state index in [9.17, 15) is 13.6 Å². The van der Waals surface area contributed by atoms with Crippen LogP contribution in [-0.4, -0.2) is 21.2 Å². The minimum absolute atomic E-state index is 0.357. The standard InChI is InChI=1S/C8H8O4S/c9-8(6-12-13(10)11)7-4-2-1-3-5-7/h1-5H,6H2,(H,10,11)/p-1. The lowest BCUT2D eigenvalue weighted by Gasteiger charge is -2.04. The van der Waals surface area contributed by atoms with Crippen molar-refractivity contribution < 1.29 is 17.7 Å². The number of carbonyl (C=O) groups is 1. The van der Waals surface area contributed by atoms with E-state index >= 15 is 0 Å². The summed E-state index contributed by atoms with van der Waals surface area (Å²) in [5.74, 6) is -0.357. The van der Waals surface area contributed by atoms with Crippen LogP contribution in [0.3, 0.4) is 0 Å². The van der Waals surface area contributed by atoms with Crippen LogP contribution in [0.25, 0.3) is 0 Å². The molecule has 5 heteroatoms. The summed E-state index contributed by atoms with van der Waals surface area (Å²) in [6, 6.07) is 8.35. The highest BCUT2D eigenvalue weighted by Gasteiger charge is 2.04. The molecule has 0 saturated heterocycles. The van der Waals surface area contributed by atoms with Crippen molar-refractivity contribution in [1.29, 1.82) is 0 Å². The average molecular weight is 199 g/mol. The molecule has 13 heavy (non-hydrogen) atoms. The lowest BCUT2D eigenvalue weighted by atomic mass is 10.1. The number of Topliss-reactive ketones (excluding diaryl/α,β-unsaturated/α-hetero) is 1. The van der Waals surface area contributed by atoms with Gasteiger partial charge < -0.3 is 4.55 Å². The molecule has 1 rings (SSSR count). The van der Waals surface area contributed by atoms with E-state index in [1.807, 2.05) is 0 Å². The Hall–Kier alpha value is -1.04. The number of hydrogen-bond acceptors (Lipinski definition) is 4. The maximum Gasteiger partial charge on any atom is 0.189 e. The first-order chi connectivity index (χ1) is 6.20. The zero-order valence-electron chi connectivity index (χ0n) is 6.64. The van der Waals surface area contributed by atoms with Crippen molar-refractivity contribution in [3.63, 3.8) is 0 Å². The van der Waals surface area contributed by atoms with Gasteiger partial charge in [0.1, 0.15) is 6.61 Å². The third-order valence-corrected chi connectivity index (χ3v) is 1.69. The Morgan fingerprint density at radius 1 is 1.38 bits per heavy atom. The molecular formula is C8H7O4S-. The largest absolute Gasteiger partial charge is 0.750 e. The van der Waals surface area contributed by atoms with Gasteiger partial charge in [-0.3, -0.25) is 8.98 Å². The van der Waals surface area contributed by atoms with Crippen LogP contribution in [0.4, 0.5) is 0 Å². The number of carbonyl (C=O) groups excluding carboxylic acids is 1. The molecule has 1 atom stereocenters. The van der Waals surface area contributed by atoms with Gasteiger partial charge in [-0.15, -0.1) is 0 Å². The molecule has 0 fully saturated rings. The van der Waals surface area contributed by atoms with Crippen LogP contribution < -0.4 is 0 Å². The Morgan fingerprint density at radius 3 is 2.54 bits per heavy atom. The second-order valence-corrected chi connectivity index (χ2v) is 2.90. The second-order valence-electron chi connectivity index (χ2n) is 2.26. The van der Waals surface area contributed by atoms with Gasteiger partial charge in [0, 0.05) is 5.56 Å². The van der Waals surface area contributed by atoms with E-state index < -0.39 is 18.0 Å². The summed E-state index contributed by atoms with van der Waals surface area (Å²) in [6.45, 7) is -0.444. The SMILES string of the molecule is O=C(COS(=O)[O-])c1ccccc1. The van der Waals surface area contributed by atoms with Crippen molar-refractivity contribution in [2.45, 2.75) is 0 Å². The highest BCUT2D eigenvalue weighted by Crippen LogP contribution is 2.00. The predicted molar refractivity (Wildman–Crippen MR) is 45.6 cm³/mol. The normalized spacial score (nSPS) is 12.4. The molecule has 1 aromatic carbocycles. The van der Waals surface area contributed by atoms with Crippen LogP contribution in [0, 0.1) is 0 Å². The van der Waals surface area contributed by atoms with Gasteiger partial charge in [0.15, 0.2) is 5.78 Å². The smallest absolute Gasteiger partial charge is 0.189 e. The summed E-state index contributed by atoms with van der Waals surface area (Å²) in [5.41, 5.74) is 0.438. The van der Waals surface area contributed by atoms with Crippen molar-refractivity contribution in [1.82, 2.24) is 0 Å². The molecule has 4 nitrogen and oxygen atoms in total. The molecule has 0 spiro atoms. The molecule has 0 aliphatic heterocycles. The lowest BCUT2D eigenvalue weighted by molar-refractivity contribution is 0.0922. The number of hydrogen-bond donors (Lipinski definition) is 0. The van der Waals surface area contributed by atoms with Gasteiger partial charge in [-0.1, -0.05) is 30.3 Å². The van der Waals surface area contributed by atoms with E-state index in [1.165, 1.54) is 0 Å². The number of rotatable bonds is 4. The van der Waals surface area contributed by atoms with Crippen LogP contribution >= 0.6 is 0 Å². The third-order valence-electron chi connectivity index (χ3n) is 1.38. The fraction of sp³-hybridized carbons (Fsp3) is 0.125. The zero-order chi connectivity index (χ0) is 9.68. The van der Waals surface area contributed by atoms with Crippen LogP contribution in [0.5, 0.6) is 0 Å². The minimum Gasteiger partial charge on any atom is -0.750 e. The minimum atomic E-state index is -2.63. The van der Waals surface area contributed by atoms with Gasteiger partial charge in [-0.2, -0.15) is 0 Å². The third kappa shape index (κ3) is 3.45. The molecule has 1 unspecified atom stereocenters. The Morgan fingerprint density at radius 2 is 2.00 bits per heavy atom. The van der Waals surface area contributed by atoms with Crippen molar-refractivity contribution in [2.24, 2.45) is 0 Å². The summed E-state index contributed by atoms with van der Waals surface area (Å²) in [5, 5.41) is 0. The summed E-state index contributed by atoms with van der Waals surface area (Å²) >= 11 is -2.63. The van der Waals surface area contributed by atoms with E-state index in [0.717, 1.165) is 0 Å². The molecule has 0 N–H and O–H groups in total. The maximum atomic E-state index is 11.2. The first-order valence-corrected chi connectivity index (χ1v) is 4.51. The Balaban J connectivity index is 2.54. The van der Waals surface area contributed by atoms with E-state index in [1.54, 1.807) is 30.3 Å². The molecular weight excluding hydrogens is 192 g/mol. The van der Waals surface area contributed by atoms with E-state index in [-0.39, 0.29) is 5.78 Å². The molecule has 0 radical (unpaired) electrons. The van der Waals surface area contributed by atoms with Gasteiger partial charge in [0.25, 0.3) is 0 Å². The van der Waals surface area contributed by atoms with Gasteiger partial charge in [-0.05, 0) is 0 Å². The average Bonchev–Trinajstić information content (AvgIpc) is 2.15. The zero-order valence-corrected chi connectivity index (χ0v) is 7.45. The topological polar surface area (TPSA) is 66.4 Å². The number of ketones is 1. The van der Waals surface area contributed by atoms with Crippen LogP contribution in [0.1, 0.15) is 10.4 Å². The molecule has 0 amide bonds. The second kappa shape index (κ2) is 4.86. The van der Waals surface area contributed by atoms with Crippen LogP contribution in [-0.2, 0) is 15.5 Å². The molecule has 0 aliphatic rings. The summed E-state index contributed by atoms with van der Waals surface area (Å²) in [7, 11) is 0. The van der Waals surface area contributed by atoms with E-state index in [4.69, 9.17) is 0 Å².